The predicted molar refractivity (Wildman–Crippen MR) is 127 cm³/mol. The third-order valence-electron chi connectivity index (χ3n) is 5.55. The lowest BCUT2D eigenvalue weighted by Crippen LogP contribution is -2.05. The minimum Gasteiger partial charge on any atom is -0.497 e. The van der Waals surface area contributed by atoms with Gasteiger partial charge in [-0.3, -0.25) is 0 Å². The first-order valence-electron chi connectivity index (χ1n) is 11.1. The molecule has 0 saturated heterocycles. The first-order chi connectivity index (χ1) is 15.5. The molecule has 5 nitrogen and oxygen atoms in total. The molecular formula is C27H30O5. The molecule has 0 aliphatic heterocycles. The van der Waals surface area contributed by atoms with Crippen molar-refractivity contribution in [2.24, 2.45) is 0 Å². The van der Waals surface area contributed by atoms with Crippen LogP contribution in [0.5, 0.6) is 5.75 Å². The number of aryl methyl sites for hydroxylation is 2. The van der Waals surface area contributed by atoms with E-state index in [0.717, 1.165) is 55.0 Å². The number of esters is 1. The molecule has 0 saturated carbocycles. The molecule has 0 spiro atoms. The van der Waals surface area contributed by atoms with Crippen LogP contribution in [-0.4, -0.2) is 19.7 Å². The molecule has 168 valence electrons. The summed E-state index contributed by atoms with van der Waals surface area (Å²) in [4.78, 5) is 23.7. The van der Waals surface area contributed by atoms with Crippen molar-refractivity contribution in [1.82, 2.24) is 0 Å². The van der Waals surface area contributed by atoms with E-state index in [1.807, 2.05) is 24.3 Å². The lowest BCUT2D eigenvalue weighted by Gasteiger charge is -2.11. The number of carbonyl (C=O) groups excluding carboxylic acids is 1. The van der Waals surface area contributed by atoms with Gasteiger partial charge in [0.15, 0.2) is 0 Å². The second-order valence-electron chi connectivity index (χ2n) is 7.73. The van der Waals surface area contributed by atoms with Gasteiger partial charge in [-0.2, -0.15) is 0 Å². The summed E-state index contributed by atoms with van der Waals surface area (Å²) in [5, 5.41) is 0.866. The third-order valence-corrected chi connectivity index (χ3v) is 5.55. The second kappa shape index (κ2) is 11.3. The topological polar surface area (TPSA) is 65.7 Å². The lowest BCUT2D eigenvalue weighted by molar-refractivity contribution is -0.137. The van der Waals surface area contributed by atoms with E-state index in [1.54, 1.807) is 13.2 Å². The molecule has 1 heterocycles. The van der Waals surface area contributed by atoms with Gasteiger partial charge in [-0.25, -0.2) is 9.59 Å². The molecule has 3 rings (SSSR count). The van der Waals surface area contributed by atoms with Crippen LogP contribution in [0.3, 0.4) is 0 Å². The van der Waals surface area contributed by atoms with Crippen LogP contribution in [0.1, 0.15) is 43.7 Å². The molecule has 0 unspecified atom stereocenters. The fourth-order valence-electron chi connectivity index (χ4n) is 3.78. The summed E-state index contributed by atoms with van der Waals surface area (Å²) in [6.45, 7) is 5.93. The summed E-state index contributed by atoms with van der Waals surface area (Å²) in [6.07, 6.45) is 7.02. The van der Waals surface area contributed by atoms with Gasteiger partial charge in [-0.15, -0.1) is 0 Å². The standard InChI is InChI=1S/C27H30O5/c1-4-20-16-19(10-8-6-7-9-15-31-26(28)5-2)11-14-23(20)24-17-21-12-13-22(30-3)18-25(21)32-27(24)29/h5,11-14,16-18H,2,4,6-10,15H2,1,3H3. The van der Waals surface area contributed by atoms with Crippen molar-refractivity contribution in [3.8, 4) is 16.9 Å². The molecule has 0 bridgehead atoms. The average Bonchev–Trinajstić information content (AvgIpc) is 2.82. The normalized spacial score (nSPS) is 10.8. The van der Waals surface area contributed by atoms with Gasteiger partial charge in [0, 0.05) is 17.5 Å². The quantitative estimate of drug-likeness (QED) is 0.164. The zero-order valence-corrected chi connectivity index (χ0v) is 18.8. The Bertz CT molecular complexity index is 1140. The van der Waals surface area contributed by atoms with Crippen LogP contribution in [-0.2, 0) is 22.4 Å². The monoisotopic (exact) mass is 434 g/mol. The molecular weight excluding hydrogens is 404 g/mol. The Balaban J connectivity index is 1.66. The van der Waals surface area contributed by atoms with E-state index in [-0.39, 0.29) is 11.6 Å². The van der Waals surface area contributed by atoms with Crippen molar-refractivity contribution in [3.63, 3.8) is 0 Å². The maximum absolute atomic E-state index is 12.7. The summed E-state index contributed by atoms with van der Waals surface area (Å²) in [5.74, 6) is 0.294. The Morgan fingerprint density at radius 3 is 2.59 bits per heavy atom. The molecule has 3 aromatic rings. The molecule has 1 aromatic heterocycles. The van der Waals surface area contributed by atoms with Gasteiger partial charge in [-0.1, -0.05) is 44.5 Å². The number of benzene rings is 2. The number of ether oxygens (including phenoxy) is 2. The Kier molecular flexibility index (Phi) is 8.26. The number of hydrogen-bond acceptors (Lipinski definition) is 5. The Hall–Kier alpha value is -3.34. The van der Waals surface area contributed by atoms with E-state index in [1.165, 1.54) is 11.6 Å². The lowest BCUT2D eigenvalue weighted by atomic mass is 9.94. The minimum atomic E-state index is -0.364. The number of unbranched alkanes of at least 4 members (excludes halogenated alkanes) is 3. The summed E-state index contributed by atoms with van der Waals surface area (Å²) >= 11 is 0. The first kappa shape index (κ1) is 23.3. The Morgan fingerprint density at radius 2 is 1.84 bits per heavy atom. The highest BCUT2D eigenvalue weighted by atomic mass is 16.5. The summed E-state index contributed by atoms with van der Waals surface area (Å²) in [6, 6.07) is 13.7. The van der Waals surface area contributed by atoms with Gasteiger partial charge in [-0.05, 0) is 60.6 Å². The van der Waals surface area contributed by atoms with E-state index < -0.39 is 0 Å². The van der Waals surface area contributed by atoms with Crippen LogP contribution in [0.15, 0.2) is 64.3 Å². The molecule has 0 N–H and O–H groups in total. The van der Waals surface area contributed by atoms with Gasteiger partial charge >= 0.3 is 11.6 Å². The Labute approximate surface area is 188 Å². The molecule has 0 aliphatic carbocycles. The highest BCUT2D eigenvalue weighted by Gasteiger charge is 2.12. The molecule has 2 aromatic carbocycles. The second-order valence-corrected chi connectivity index (χ2v) is 7.73. The van der Waals surface area contributed by atoms with Gasteiger partial charge in [0.25, 0.3) is 0 Å². The van der Waals surface area contributed by atoms with Crippen LogP contribution in [0.25, 0.3) is 22.1 Å². The molecule has 0 atom stereocenters. The molecule has 5 heteroatoms. The van der Waals surface area contributed by atoms with Crippen LogP contribution in [0, 0.1) is 0 Å². The van der Waals surface area contributed by atoms with Crippen molar-refractivity contribution in [1.29, 1.82) is 0 Å². The molecule has 0 radical (unpaired) electrons. The third kappa shape index (κ3) is 5.88. The number of methoxy groups -OCH3 is 1. The molecule has 0 fully saturated rings. The van der Waals surface area contributed by atoms with E-state index in [4.69, 9.17) is 13.9 Å². The van der Waals surface area contributed by atoms with E-state index in [2.05, 4.69) is 25.6 Å². The van der Waals surface area contributed by atoms with Crippen LogP contribution in [0.4, 0.5) is 0 Å². The van der Waals surface area contributed by atoms with Crippen LogP contribution in [0.2, 0.25) is 0 Å². The number of rotatable bonds is 11. The van der Waals surface area contributed by atoms with Crippen molar-refractivity contribution >= 4 is 16.9 Å². The van der Waals surface area contributed by atoms with Crippen molar-refractivity contribution in [2.75, 3.05) is 13.7 Å². The molecule has 32 heavy (non-hydrogen) atoms. The highest BCUT2D eigenvalue weighted by molar-refractivity contribution is 5.83. The number of hydrogen-bond donors (Lipinski definition) is 0. The van der Waals surface area contributed by atoms with E-state index in [9.17, 15) is 9.59 Å². The molecule has 0 aliphatic rings. The van der Waals surface area contributed by atoms with Crippen LogP contribution < -0.4 is 10.4 Å². The number of carbonyl (C=O) groups is 1. The van der Waals surface area contributed by atoms with E-state index in [0.29, 0.717) is 23.5 Å². The van der Waals surface area contributed by atoms with Gasteiger partial charge in [0.2, 0.25) is 0 Å². The zero-order chi connectivity index (χ0) is 22.9. The van der Waals surface area contributed by atoms with Crippen molar-refractivity contribution < 1.29 is 18.7 Å². The highest BCUT2D eigenvalue weighted by Crippen LogP contribution is 2.28. The summed E-state index contributed by atoms with van der Waals surface area (Å²) in [7, 11) is 1.59. The van der Waals surface area contributed by atoms with Gasteiger partial charge < -0.3 is 13.9 Å². The summed E-state index contributed by atoms with van der Waals surface area (Å²) < 4.78 is 15.8. The maximum Gasteiger partial charge on any atom is 0.344 e. The SMILES string of the molecule is C=CC(=O)OCCCCCCc1ccc(-c2cc3ccc(OC)cc3oc2=O)c(CC)c1. The van der Waals surface area contributed by atoms with Gasteiger partial charge in [0.05, 0.1) is 19.3 Å². The van der Waals surface area contributed by atoms with Crippen molar-refractivity contribution in [3.05, 3.63) is 76.7 Å². The fourth-order valence-corrected chi connectivity index (χ4v) is 3.78. The smallest absolute Gasteiger partial charge is 0.344 e. The first-order valence-corrected chi connectivity index (χ1v) is 11.1. The van der Waals surface area contributed by atoms with Gasteiger partial charge in [0.1, 0.15) is 11.3 Å². The predicted octanol–water partition coefficient (Wildman–Crippen LogP) is 5.86. The van der Waals surface area contributed by atoms with Crippen LogP contribution >= 0.6 is 0 Å². The number of fused-ring (bicyclic) bond motifs is 1. The largest absolute Gasteiger partial charge is 0.497 e. The Morgan fingerprint density at radius 1 is 1.03 bits per heavy atom. The van der Waals surface area contributed by atoms with E-state index >= 15 is 0 Å². The minimum absolute atomic E-state index is 0.342. The fraction of sp³-hybridized carbons (Fsp3) is 0.333. The molecule has 0 amide bonds. The summed E-state index contributed by atoms with van der Waals surface area (Å²) in [5.41, 5.74) is 4.09. The zero-order valence-electron chi connectivity index (χ0n) is 18.8. The average molecular weight is 435 g/mol. The maximum atomic E-state index is 12.7. The van der Waals surface area contributed by atoms with Crippen molar-refractivity contribution in [2.45, 2.75) is 45.4 Å².